The second-order valence-corrected chi connectivity index (χ2v) is 1.55. The molecule has 1 atom stereocenters. The molecule has 0 bridgehead atoms. The minimum Gasteiger partial charge on any atom is -0.452 e. The molecule has 46 valence electrons. The first-order valence-electron chi connectivity index (χ1n) is 2.40. The molecule has 1 unspecified atom stereocenters. The highest BCUT2D eigenvalue weighted by molar-refractivity contribution is 5.74. The van der Waals surface area contributed by atoms with Gasteiger partial charge in [-0.2, -0.15) is 0 Å². The van der Waals surface area contributed by atoms with E-state index in [1.807, 2.05) is 0 Å². The maximum absolute atomic E-state index is 8.42. The van der Waals surface area contributed by atoms with Crippen molar-refractivity contribution in [3.05, 3.63) is 0 Å². The van der Waals surface area contributed by atoms with E-state index < -0.39 is 0 Å². The molecule has 4 heteroatoms. The van der Waals surface area contributed by atoms with E-state index in [2.05, 4.69) is 10.5 Å². The van der Waals surface area contributed by atoms with E-state index in [0.29, 0.717) is 5.90 Å². The molecule has 0 fully saturated rings. The molecule has 0 saturated heterocycles. The van der Waals surface area contributed by atoms with Crippen molar-refractivity contribution in [1.82, 2.24) is 5.43 Å². The van der Waals surface area contributed by atoms with Gasteiger partial charge in [0.2, 0.25) is 12.1 Å². The van der Waals surface area contributed by atoms with Crippen molar-refractivity contribution >= 4 is 5.90 Å². The van der Waals surface area contributed by atoms with E-state index in [1.54, 1.807) is 6.92 Å². The Hall–Kier alpha value is -0.770. The van der Waals surface area contributed by atoms with Gasteiger partial charge in [-0.15, -0.1) is 5.10 Å². The standard InChI is InChI=1S/C4H8N2O2/c1-3-5-6-4(2-7)8-3/h4,6-7H,2H2,1H3. The van der Waals surface area contributed by atoms with Crippen molar-refractivity contribution in [3.63, 3.8) is 0 Å². The normalized spacial score (nSPS) is 26.2. The maximum Gasteiger partial charge on any atom is 0.209 e. The van der Waals surface area contributed by atoms with Crippen molar-refractivity contribution in [2.24, 2.45) is 5.10 Å². The van der Waals surface area contributed by atoms with E-state index in [-0.39, 0.29) is 12.8 Å². The number of aliphatic hydroxyl groups excluding tert-OH is 1. The highest BCUT2D eigenvalue weighted by Gasteiger charge is 2.12. The van der Waals surface area contributed by atoms with E-state index in [4.69, 9.17) is 9.84 Å². The molecule has 0 radical (unpaired) electrons. The molecule has 1 heterocycles. The summed E-state index contributed by atoms with van der Waals surface area (Å²) in [7, 11) is 0. The molecule has 1 rings (SSSR count). The Kier molecular flexibility index (Phi) is 1.34. The molecule has 4 nitrogen and oxygen atoms in total. The van der Waals surface area contributed by atoms with E-state index in [0.717, 1.165) is 0 Å². The molecule has 0 amide bonds. The second kappa shape index (κ2) is 2.00. The Morgan fingerprint density at radius 2 is 2.75 bits per heavy atom. The zero-order valence-electron chi connectivity index (χ0n) is 4.59. The molecule has 2 N–H and O–H groups in total. The Labute approximate surface area is 47.2 Å². The van der Waals surface area contributed by atoms with Crippen molar-refractivity contribution in [2.45, 2.75) is 13.2 Å². The summed E-state index contributed by atoms with van der Waals surface area (Å²) < 4.78 is 4.90. The monoisotopic (exact) mass is 116 g/mol. The van der Waals surface area contributed by atoms with Crippen LogP contribution in [-0.4, -0.2) is 23.8 Å². The molecule has 0 aromatic heterocycles. The number of ether oxygens (including phenoxy) is 1. The summed E-state index contributed by atoms with van der Waals surface area (Å²) >= 11 is 0. The van der Waals surface area contributed by atoms with Gasteiger partial charge in [-0.25, -0.2) is 0 Å². The summed E-state index contributed by atoms with van der Waals surface area (Å²) in [5, 5.41) is 12.1. The minimum atomic E-state index is -0.324. The van der Waals surface area contributed by atoms with Gasteiger partial charge < -0.3 is 9.84 Å². The van der Waals surface area contributed by atoms with Crippen molar-refractivity contribution in [1.29, 1.82) is 0 Å². The van der Waals surface area contributed by atoms with Crippen LogP contribution in [0.5, 0.6) is 0 Å². The molecule has 0 aromatic rings. The number of nitrogens with zero attached hydrogens (tertiary/aromatic N) is 1. The molecule has 1 aliphatic rings. The van der Waals surface area contributed by atoms with E-state index in [1.165, 1.54) is 0 Å². The highest BCUT2D eigenvalue weighted by Crippen LogP contribution is 1.95. The SMILES string of the molecule is CC1=NNC(CO)O1. The third-order valence-electron chi connectivity index (χ3n) is 0.845. The van der Waals surface area contributed by atoms with Crippen LogP contribution in [0.2, 0.25) is 0 Å². The lowest BCUT2D eigenvalue weighted by Crippen LogP contribution is -2.25. The quantitative estimate of drug-likeness (QED) is 0.474. The zero-order chi connectivity index (χ0) is 5.98. The molecule has 0 saturated carbocycles. The van der Waals surface area contributed by atoms with Crippen LogP contribution < -0.4 is 5.43 Å². The molecular formula is C4H8N2O2. The number of hydrogen-bond donors (Lipinski definition) is 2. The first-order valence-corrected chi connectivity index (χ1v) is 2.40. The van der Waals surface area contributed by atoms with Crippen molar-refractivity contribution in [2.75, 3.05) is 6.61 Å². The number of aliphatic hydroxyl groups is 1. The van der Waals surface area contributed by atoms with Crippen molar-refractivity contribution in [3.8, 4) is 0 Å². The lowest BCUT2D eigenvalue weighted by molar-refractivity contribution is 0.102. The van der Waals surface area contributed by atoms with Gasteiger partial charge in [0.1, 0.15) is 6.61 Å². The third-order valence-corrected chi connectivity index (χ3v) is 0.845. The fourth-order valence-corrected chi connectivity index (χ4v) is 0.500. The fraction of sp³-hybridized carbons (Fsp3) is 0.750. The Morgan fingerprint density at radius 1 is 2.00 bits per heavy atom. The largest absolute Gasteiger partial charge is 0.452 e. The topological polar surface area (TPSA) is 53.9 Å². The van der Waals surface area contributed by atoms with Gasteiger partial charge in [0, 0.05) is 6.92 Å². The molecule has 0 aliphatic carbocycles. The van der Waals surface area contributed by atoms with Crippen LogP contribution in [-0.2, 0) is 4.74 Å². The Bertz CT molecular complexity index is 113. The fourth-order valence-electron chi connectivity index (χ4n) is 0.500. The molecule has 0 aromatic carbocycles. The smallest absolute Gasteiger partial charge is 0.209 e. The summed E-state index contributed by atoms with van der Waals surface area (Å²) in [5.74, 6) is 0.573. The zero-order valence-corrected chi connectivity index (χ0v) is 4.59. The van der Waals surface area contributed by atoms with Crippen LogP contribution in [0, 0.1) is 0 Å². The first kappa shape index (κ1) is 5.37. The molecule has 1 aliphatic heterocycles. The lowest BCUT2D eigenvalue weighted by atomic mass is 10.6. The first-order chi connectivity index (χ1) is 3.83. The van der Waals surface area contributed by atoms with Gasteiger partial charge in [0.25, 0.3) is 0 Å². The van der Waals surface area contributed by atoms with Gasteiger partial charge in [0.05, 0.1) is 0 Å². The lowest BCUT2D eigenvalue weighted by Gasteiger charge is -2.03. The summed E-state index contributed by atoms with van der Waals surface area (Å²) in [4.78, 5) is 0. The summed E-state index contributed by atoms with van der Waals surface area (Å²) in [5.41, 5.74) is 2.57. The minimum absolute atomic E-state index is 0.0408. The number of rotatable bonds is 1. The van der Waals surface area contributed by atoms with E-state index in [9.17, 15) is 0 Å². The average molecular weight is 116 g/mol. The Morgan fingerprint density at radius 3 is 3.00 bits per heavy atom. The van der Waals surface area contributed by atoms with Crippen LogP contribution in [0.25, 0.3) is 0 Å². The predicted octanol–water partition coefficient (Wildman–Crippen LogP) is -0.742. The number of nitrogens with one attached hydrogen (secondary N) is 1. The van der Waals surface area contributed by atoms with E-state index >= 15 is 0 Å². The summed E-state index contributed by atoms with van der Waals surface area (Å²) in [6, 6.07) is 0. The number of hydrogen-bond acceptors (Lipinski definition) is 4. The highest BCUT2D eigenvalue weighted by atomic mass is 16.5. The van der Waals surface area contributed by atoms with Gasteiger partial charge in [-0.1, -0.05) is 0 Å². The molecule has 8 heavy (non-hydrogen) atoms. The molecule has 0 spiro atoms. The maximum atomic E-state index is 8.42. The predicted molar refractivity (Wildman–Crippen MR) is 28.2 cm³/mol. The van der Waals surface area contributed by atoms with Gasteiger partial charge >= 0.3 is 0 Å². The van der Waals surface area contributed by atoms with Crippen LogP contribution in [0.15, 0.2) is 5.10 Å². The molecular weight excluding hydrogens is 108 g/mol. The third kappa shape index (κ3) is 0.894. The van der Waals surface area contributed by atoms with Gasteiger partial charge in [-0.3, -0.25) is 5.43 Å². The van der Waals surface area contributed by atoms with Crippen molar-refractivity contribution < 1.29 is 9.84 Å². The second-order valence-electron chi connectivity index (χ2n) is 1.55. The Balaban J connectivity index is 2.32. The van der Waals surface area contributed by atoms with Gasteiger partial charge in [0.15, 0.2) is 0 Å². The van der Waals surface area contributed by atoms with Crippen LogP contribution in [0.1, 0.15) is 6.92 Å². The average Bonchev–Trinajstić information content (AvgIpc) is 2.14. The summed E-state index contributed by atoms with van der Waals surface area (Å²) in [6.45, 7) is 1.68. The van der Waals surface area contributed by atoms with Crippen LogP contribution in [0.4, 0.5) is 0 Å². The van der Waals surface area contributed by atoms with Gasteiger partial charge in [-0.05, 0) is 0 Å². The summed E-state index contributed by atoms with van der Waals surface area (Å²) in [6.07, 6.45) is -0.324. The van der Waals surface area contributed by atoms with Crippen LogP contribution >= 0.6 is 0 Å². The van der Waals surface area contributed by atoms with Crippen LogP contribution in [0.3, 0.4) is 0 Å². The number of hydrazone groups is 1.